The van der Waals surface area contributed by atoms with Crippen LogP contribution in [0.2, 0.25) is 0 Å². The molecule has 2 aromatic heterocycles. The average Bonchev–Trinajstić information content (AvgIpc) is 3.03. The van der Waals surface area contributed by atoms with E-state index in [1.54, 1.807) is 19.2 Å². The van der Waals surface area contributed by atoms with E-state index in [4.69, 9.17) is 4.74 Å². The minimum Gasteiger partial charge on any atom is -0.545 e. The Bertz CT molecular complexity index is 1110. The predicted molar refractivity (Wildman–Crippen MR) is 103 cm³/mol. The van der Waals surface area contributed by atoms with E-state index >= 15 is 0 Å². The number of rotatable bonds is 8. The summed E-state index contributed by atoms with van der Waals surface area (Å²) < 4.78 is 8.74. The van der Waals surface area contributed by atoms with Crippen molar-refractivity contribution in [1.82, 2.24) is 19.1 Å². The van der Waals surface area contributed by atoms with Gasteiger partial charge in [-0.15, -0.1) is 0 Å². The second-order valence-corrected chi connectivity index (χ2v) is 7.11. The topological polar surface area (TPSA) is 122 Å². The maximum absolute atomic E-state index is 12.2. The van der Waals surface area contributed by atoms with Crippen molar-refractivity contribution in [2.24, 2.45) is 7.05 Å². The second-order valence-electron chi connectivity index (χ2n) is 6.05. The number of aromatic nitrogens is 4. The van der Waals surface area contributed by atoms with Crippen LogP contribution in [-0.4, -0.2) is 37.4 Å². The van der Waals surface area contributed by atoms with Crippen LogP contribution in [0.25, 0.3) is 11.2 Å². The minimum absolute atomic E-state index is 0.0887. The van der Waals surface area contributed by atoms with E-state index in [2.05, 4.69) is 9.97 Å². The van der Waals surface area contributed by atoms with Gasteiger partial charge in [0, 0.05) is 19.3 Å². The van der Waals surface area contributed by atoms with E-state index in [1.165, 1.54) is 28.5 Å². The summed E-state index contributed by atoms with van der Waals surface area (Å²) in [6.07, 6.45) is 0.808. The Morgan fingerprint density at radius 2 is 2.00 bits per heavy atom. The molecule has 9 nitrogen and oxygen atoms in total. The summed E-state index contributed by atoms with van der Waals surface area (Å²) in [5.74, 6) is -0.131. The molecular formula is C18H19N4O5S-. The van der Waals surface area contributed by atoms with Gasteiger partial charge >= 0.3 is 5.69 Å². The van der Waals surface area contributed by atoms with Crippen molar-refractivity contribution in [3.63, 3.8) is 0 Å². The Labute approximate surface area is 164 Å². The molecule has 3 rings (SSSR count). The van der Waals surface area contributed by atoms with Crippen molar-refractivity contribution >= 4 is 28.9 Å². The summed E-state index contributed by atoms with van der Waals surface area (Å²) in [6, 6.07) is 5.98. The number of aromatic carboxylic acids is 1. The number of nitrogens with zero attached hydrogens (tertiary/aromatic N) is 3. The highest BCUT2D eigenvalue weighted by Gasteiger charge is 2.17. The molecule has 0 unspecified atom stereocenters. The van der Waals surface area contributed by atoms with Crippen LogP contribution >= 0.6 is 11.8 Å². The maximum atomic E-state index is 12.2. The molecule has 1 N–H and O–H groups in total. The molecule has 0 radical (unpaired) electrons. The quantitative estimate of drug-likeness (QED) is 0.426. The smallest absolute Gasteiger partial charge is 0.329 e. The molecule has 1 aromatic carbocycles. The first-order valence-corrected chi connectivity index (χ1v) is 9.67. The van der Waals surface area contributed by atoms with Gasteiger partial charge in [-0.3, -0.25) is 14.3 Å². The van der Waals surface area contributed by atoms with Crippen molar-refractivity contribution in [3.8, 4) is 5.75 Å². The van der Waals surface area contributed by atoms with Crippen molar-refractivity contribution in [1.29, 1.82) is 0 Å². The number of fused-ring (bicyclic) bond motifs is 1. The van der Waals surface area contributed by atoms with Gasteiger partial charge in [-0.05, 0) is 36.2 Å². The number of nitrogens with one attached hydrogen (secondary N) is 1. The number of carboxylic acids is 1. The van der Waals surface area contributed by atoms with E-state index in [1.807, 2.05) is 11.5 Å². The molecule has 0 saturated heterocycles. The van der Waals surface area contributed by atoms with E-state index in [0.717, 1.165) is 6.42 Å². The number of hydrogen-bond donors (Lipinski definition) is 1. The lowest BCUT2D eigenvalue weighted by atomic mass is 10.2. The molecule has 0 saturated carbocycles. The van der Waals surface area contributed by atoms with Crippen LogP contribution in [0.1, 0.15) is 23.7 Å². The summed E-state index contributed by atoms with van der Waals surface area (Å²) >= 11 is 1.42. The minimum atomic E-state index is -1.23. The van der Waals surface area contributed by atoms with E-state index in [-0.39, 0.29) is 5.56 Å². The summed E-state index contributed by atoms with van der Waals surface area (Å²) in [5, 5.41) is 11.4. The van der Waals surface area contributed by atoms with Crippen molar-refractivity contribution in [3.05, 3.63) is 50.7 Å². The van der Waals surface area contributed by atoms with Crippen LogP contribution in [0.5, 0.6) is 5.75 Å². The highest BCUT2D eigenvalue weighted by molar-refractivity contribution is 7.99. The summed E-state index contributed by atoms with van der Waals surface area (Å²) in [4.78, 5) is 41.6. The van der Waals surface area contributed by atoms with Gasteiger partial charge in [0.15, 0.2) is 16.3 Å². The molecule has 0 aliphatic rings. The highest BCUT2D eigenvalue weighted by Crippen LogP contribution is 2.22. The largest absolute Gasteiger partial charge is 0.545 e. The van der Waals surface area contributed by atoms with Gasteiger partial charge in [0.1, 0.15) is 5.75 Å². The van der Waals surface area contributed by atoms with Crippen LogP contribution in [0.4, 0.5) is 0 Å². The fourth-order valence-corrected chi connectivity index (χ4v) is 3.57. The van der Waals surface area contributed by atoms with Gasteiger partial charge in [-0.2, -0.15) is 0 Å². The van der Waals surface area contributed by atoms with Gasteiger partial charge in [0.05, 0.1) is 12.6 Å². The Balaban J connectivity index is 1.73. The SMILES string of the molecule is CCCn1c(SCCOc2ccc(C(=O)[O-])cc2)nc2c1c(=O)[nH]c(=O)n2C. The molecule has 0 amide bonds. The zero-order valence-corrected chi connectivity index (χ0v) is 16.2. The summed E-state index contributed by atoms with van der Waals surface area (Å²) in [5.41, 5.74) is -0.131. The van der Waals surface area contributed by atoms with Crippen molar-refractivity contribution < 1.29 is 14.6 Å². The van der Waals surface area contributed by atoms with Gasteiger partial charge in [0.25, 0.3) is 5.56 Å². The Morgan fingerprint density at radius 3 is 2.64 bits per heavy atom. The fourth-order valence-electron chi connectivity index (χ4n) is 2.74. The van der Waals surface area contributed by atoms with Crippen LogP contribution < -0.4 is 21.1 Å². The lowest BCUT2D eigenvalue weighted by Gasteiger charge is -2.09. The third-order valence-corrected chi connectivity index (χ3v) is 5.03. The molecular weight excluding hydrogens is 384 g/mol. The maximum Gasteiger partial charge on any atom is 0.329 e. The molecule has 0 bridgehead atoms. The van der Waals surface area contributed by atoms with Gasteiger partial charge in [-0.1, -0.05) is 18.7 Å². The lowest BCUT2D eigenvalue weighted by Crippen LogP contribution is -2.29. The third kappa shape index (κ3) is 3.96. The third-order valence-electron chi connectivity index (χ3n) is 4.09. The molecule has 0 spiro atoms. The number of carbonyl (C=O) groups is 1. The van der Waals surface area contributed by atoms with E-state index in [9.17, 15) is 19.5 Å². The first-order chi connectivity index (χ1) is 13.4. The number of thioether (sulfide) groups is 1. The van der Waals surface area contributed by atoms with E-state index in [0.29, 0.717) is 41.0 Å². The number of H-pyrrole nitrogens is 1. The zero-order valence-electron chi connectivity index (χ0n) is 15.4. The normalized spacial score (nSPS) is 11.1. The van der Waals surface area contributed by atoms with Gasteiger partial charge < -0.3 is 19.2 Å². The number of aryl methyl sites for hydroxylation is 2. The van der Waals surface area contributed by atoms with E-state index < -0.39 is 17.2 Å². The van der Waals surface area contributed by atoms with Crippen molar-refractivity contribution in [2.45, 2.75) is 25.0 Å². The van der Waals surface area contributed by atoms with Crippen LogP contribution in [0.15, 0.2) is 39.0 Å². The first kappa shape index (κ1) is 19.7. The number of carbonyl (C=O) groups excluding carboxylic acids is 1. The molecule has 0 fully saturated rings. The zero-order chi connectivity index (χ0) is 20.3. The van der Waals surface area contributed by atoms with Crippen LogP contribution in [0, 0.1) is 0 Å². The molecule has 10 heteroatoms. The number of ether oxygens (including phenoxy) is 1. The standard InChI is InChI=1S/C18H20N4O5S/c1-3-8-22-13-14(21(2)17(26)20-15(13)23)19-18(22)28-10-9-27-12-6-4-11(5-7-12)16(24)25/h4-7H,3,8-10H2,1-2H3,(H,24,25)(H,20,23,26)/p-1. The number of hydrogen-bond acceptors (Lipinski definition) is 7. The van der Waals surface area contributed by atoms with Crippen molar-refractivity contribution in [2.75, 3.05) is 12.4 Å². The lowest BCUT2D eigenvalue weighted by molar-refractivity contribution is -0.255. The summed E-state index contributed by atoms with van der Waals surface area (Å²) in [7, 11) is 1.57. The highest BCUT2D eigenvalue weighted by atomic mass is 32.2. The Hall–Kier alpha value is -3.01. The Kier molecular flexibility index (Phi) is 5.88. The fraction of sp³-hybridized carbons (Fsp3) is 0.333. The molecule has 3 aromatic rings. The number of aromatic amines is 1. The molecule has 0 aliphatic heterocycles. The molecule has 0 atom stereocenters. The Morgan fingerprint density at radius 1 is 1.29 bits per heavy atom. The monoisotopic (exact) mass is 403 g/mol. The second kappa shape index (κ2) is 8.34. The predicted octanol–water partition coefficient (Wildman–Crippen LogP) is 0.368. The molecule has 148 valence electrons. The average molecular weight is 403 g/mol. The van der Waals surface area contributed by atoms with Crippen LogP contribution in [-0.2, 0) is 13.6 Å². The first-order valence-electron chi connectivity index (χ1n) is 8.69. The number of benzene rings is 1. The molecule has 0 aliphatic carbocycles. The number of carboxylic acid groups (broad SMARTS) is 1. The number of imidazole rings is 1. The molecule has 28 heavy (non-hydrogen) atoms. The van der Waals surface area contributed by atoms with Crippen LogP contribution in [0.3, 0.4) is 0 Å². The van der Waals surface area contributed by atoms with Gasteiger partial charge in [0.2, 0.25) is 0 Å². The summed E-state index contributed by atoms with van der Waals surface area (Å²) in [6.45, 7) is 2.96. The molecule has 2 heterocycles. The van der Waals surface area contributed by atoms with Gasteiger partial charge in [-0.25, -0.2) is 9.78 Å².